The van der Waals surface area contributed by atoms with Crippen LogP contribution in [0.3, 0.4) is 0 Å². The fourth-order valence-corrected chi connectivity index (χ4v) is 1.83. The van der Waals surface area contributed by atoms with E-state index in [4.69, 9.17) is 9.47 Å². The monoisotopic (exact) mass is 282 g/mol. The molecule has 0 saturated heterocycles. The molecule has 0 aliphatic carbocycles. The van der Waals surface area contributed by atoms with Crippen LogP contribution in [0.1, 0.15) is 48.3 Å². The van der Waals surface area contributed by atoms with E-state index in [1.54, 1.807) is 20.8 Å². The zero-order valence-electron chi connectivity index (χ0n) is 12.5. The molecule has 0 aliphatic rings. The second kappa shape index (κ2) is 7.57. The number of aromatic amines is 1. The van der Waals surface area contributed by atoms with Crippen LogP contribution >= 0.6 is 0 Å². The van der Waals surface area contributed by atoms with E-state index in [2.05, 4.69) is 10.3 Å². The molecule has 0 bridgehead atoms. The van der Waals surface area contributed by atoms with Crippen LogP contribution in [0, 0.1) is 13.8 Å². The van der Waals surface area contributed by atoms with Crippen molar-refractivity contribution in [1.82, 2.24) is 4.98 Å². The average Bonchev–Trinajstić information content (AvgIpc) is 2.65. The maximum atomic E-state index is 11.8. The minimum absolute atomic E-state index is 0.310. The van der Waals surface area contributed by atoms with E-state index in [0.717, 1.165) is 12.8 Å². The van der Waals surface area contributed by atoms with Crippen molar-refractivity contribution < 1.29 is 19.1 Å². The van der Waals surface area contributed by atoms with Gasteiger partial charge in [-0.2, -0.15) is 0 Å². The van der Waals surface area contributed by atoms with Crippen LogP contribution in [0.5, 0.6) is 0 Å². The van der Waals surface area contributed by atoms with Gasteiger partial charge in [-0.1, -0.05) is 13.3 Å². The molecule has 0 fully saturated rings. The Morgan fingerprint density at radius 2 is 1.90 bits per heavy atom. The van der Waals surface area contributed by atoms with E-state index in [1.807, 2.05) is 6.92 Å². The highest BCUT2D eigenvalue weighted by Gasteiger charge is 2.20. The molecule has 20 heavy (non-hydrogen) atoms. The Bertz CT molecular complexity index is 480. The van der Waals surface area contributed by atoms with E-state index in [-0.39, 0.29) is 0 Å². The minimum Gasteiger partial charge on any atom is -0.462 e. The number of hydrogen-bond acceptors (Lipinski definition) is 4. The summed E-state index contributed by atoms with van der Waals surface area (Å²) < 4.78 is 10.00. The van der Waals surface area contributed by atoms with Crippen LogP contribution in [0.2, 0.25) is 0 Å². The maximum absolute atomic E-state index is 11.8. The third-order valence-electron chi connectivity index (χ3n) is 2.88. The summed E-state index contributed by atoms with van der Waals surface area (Å²) in [4.78, 5) is 26.4. The molecule has 6 heteroatoms. The molecule has 2 N–H and O–H groups in total. The predicted molar refractivity (Wildman–Crippen MR) is 76.1 cm³/mol. The van der Waals surface area contributed by atoms with Crippen LogP contribution in [0.4, 0.5) is 10.6 Å². The van der Waals surface area contributed by atoms with Gasteiger partial charge < -0.3 is 14.5 Å². The van der Waals surface area contributed by atoms with E-state index in [0.29, 0.717) is 35.9 Å². The first-order valence-electron chi connectivity index (χ1n) is 6.81. The van der Waals surface area contributed by atoms with Gasteiger partial charge in [0.15, 0.2) is 0 Å². The first-order chi connectivity index (χ1) is 9.51. The number of nitrogens with one attached hydrogen (secondary N) is 2. The van der Waals surface area contributed by atoms with Crippen molar-refractivity contribution in [3.63, 3.8) is 0 Å². The summed E-state index contributed by atoms with van der Waals surface area (Å²) in [6.45, 7) is 7.96. The molecular weight excluding hydrogens is 260 g/mol. The predicted octanol–water partition coefficient (Wildman–Crippen LogP) is 3.16. The highest BCUT2D eigenvalue weighted by molar-refractivity contribution is 5.96. The largest absolute Gasteiger partial charge is 0.462 e. The van der Waals surface area contributed by atoms with Crippen LogP contribution in [0.15, 0.2) is 0 Å². The van der Waals surface area contributed by atoms with Crippen LogP contribution in [0.25, 0.3) is 0 Å². The molecule has 1 aromatic heterocycles. The van der Waals surface area contributed by atoms with Crippen molar-refractivity contribution in [2.45, 2.75) is 40.5 Å². The zero-order chi connectivity index (χ0) is 15.1. The number of unbranched alkanes of at least 4 members (excludes halogenated alkanes) is 1. The number of rotatable bonds is 6. The van der Waals surface area contributed by atoms with Gasteiger partial charge in [-0.25, -0.2) is 9.59 Å². The number of esters is 1. The first kappa shape index (κ1) is 16.1. The summed E-state index contributed by atoms with van der Waals surface area (Å²) in [6, 6.07) is 0. The number of carbonyl (C=O) groups excluding carboxylic acids is 2. The fourth-order valence-electron chi connectivity index (χ4n) is 1.83. The lowest BCUT2D eigenvalue weighted by molar-refractivity contribution is 0.0525. The number of amides is 1. The molecule has 0 aliphatic heterocycles. The van der Waals surface area contributed by atoms with Crippen molar-refractivity contribution in [3.8, 4) is 0 Å². The Morgan fingerprint density at radius 1 is 1.20 bits per heavy atom. The number of ether oxygens (including phenoxy) is 2. The van der Waals surface area contributed by atoms with Crippen molar-refractivity contribution in [3.05, 3.63) is 16.8 Å². The highest BCUT2D eigenvalue weighted by atomic mass is 16.5. The molecule has 0 radical (unpaired) electrons. The van der Waals surface area contributed by atoms with E-state index >= 15 is 0 Å². The molecule has 0 unspecified atom stereocenters. The quantitative estimate of drug-likeness (QED) is 0.620. The minimum atomic E-state index is -0.529. The molecule has 0 aromatic carbocycles. The molecule has 0 atom stereocenters. The van der Waals surface area contributed by atoms with Crippen LogP contribution in [-0.4, -0.2) is 30.3 Å². The Morgan fingerprint density at radius 3 is 2.50 bits per heavy atom. The number of hydrogen-bond donors (Lipinski definition) is 2. The highest BCUT2D eigenvalue weighted by Crippen LogP contribution is 2.23. The SMILES string of the molecule is CCCCOC(=O)Nc1[nH]c(C)c(C(=O)OCC)c1C. The summed E-state index contributed by atoms with van der Waals surface area (Å²) in [5.41, 5.74) is 1.76. The zero-order valence-corrected chi connectivity index (χ0v) is 12.5. The maximum Gasteiger partial charge on any atom is 0.412 e. The van der Waals surface area contributed by atoms with Crippen molar-refractivity contribution in [1.29, 1.82) is 0 Å². The first-order valence-corrected chi connectivity index (χ1v) is 6.81. The third kappa shape index (κ3) is 4.01. The number of aryl methyl sites for hydroxylation is 1. The summed E-state index contributed by atoms with van der Waals surface area (Å²) in [6.07, 6.45) is 1.25. The van der Waals surface area contributed by atoms with Gasteiger partial charge in [0.25, 0.3) is 0 Å². The second-order valence-electron chi connectivity index (χ2n) is 4.46. The van der Waals surface area contributed by atoms with E-state index in [1.165, 1.54) is 0 Å². The normalized spacial score (nSPS) is 10.2. The lowest BCUT2D eigenvalue weighted by Crippen LogP contribution is -2.15. The molecule has 1 amide bonds. The van der Waals surface area contributed by atoms with Gasteiger partial charge in [0.2, 0.25) is 0 Å². The van der Waals surface area contributed by atoms with Crippen molar-refractivity contribution >= 4 is 17.9 Å². The van der Waals surface area contributed by atoms with Gasteiger partial charge in [-0.05, 0) is 27.2 Å². The molecule has 0 saturated carbocycles. The Kier molecular flexibility index (Phi) is 6.09. The van der Waals surface area contributed by atoms with Crippen molar-refractivity contribution in [2.75, 3.05) is 18.5 Å². The van der Waals surface area contributed by atoms with Crippen molar-refractivity contribution in [2.24, 2.45) is 0 Å². The number of aromatic nitrogens is 1. The van der Waals surface area contributed by atoms with Crippen LogP contribution < -0.4 is 5.32 Å². The fraction of sp³-hybridized carbons (Fsp3) is 0.571. The molecular formula is C14H22N2O4. The Hall–Kier alpha value is -1.98. The number of anilines is 1. The molecule has 112 valence electrons. The second-order valence-corrected chi connectivity index (χ2v) is 4.46. The molecule has 1 rings (SSSR count). The van der Waals surface area contributed by atoms with Crippen LogP contribution in [-0.2, 0) is 9.47 Å². The van der Waals surface area contributed by atoms with Gasteiger partial charge >= 0.3 is 12.1 Å². The summed E-state index contributed by atoms with van der Waals surface area (Å²) in [5, 5.41) is 2.60. The topological polar surface area (TPSA) is 80.4 Å². The van der Waals surface area contributed by atoms with E-state index < -0.39 is 12.1 Å². The third-order valence-corrected chi connectivity index (χ3v) is 2.88. The Labute approximate surface area is 118 Å². The average molecular weight is 282 g/mol. The molecule has 0 spiro atoms. The van der Waals surface area contributed by atoms with Gasteiger partial charge in [0, 0.05) is 11.3 Å². The smallest absolute Gasteiger partial charge is 0.412 e. The summed E-state index contributed by atoms with van der Waals surface area (Å²) in [5.74, 6) is 0.0678. The molecule has 1 aromatic rings. The lowest BCUT2D eigenvalue weighted by atomic mass is 10.1. The number of H-pyrrole nitrogens is 1. The molecule has 1 heterocycles. The standard InChI is InChI=1S/C14H22N2O4/c1-5-7-8-20-14(18)16-12-9(3)11(10(4)15-12)13(17)19-6-2/h15H,5-8H2,1-4H3,(H,16,18). The van der Waals surface area contributed by atoms with Gasteiger partial charge in [0.1, 0.15) is 5.82 Å². The Balaban J connectivity index is 2.75. The van der Waals surface area contributed by atoms with Gasteiger partial charge in [-0.3, -0.25) is 5.32 Å². The number of carbonyl (C=O) groups is 2. The lowest BCUT2D eigenvalue weighted by Gasteiger charge is -2.06. The summed E-state index contributed by atoms with van der Waals surface area (Å²) in [7, 11) is 0. The van der Waals surface area contributed by atoms with Gasteiger partial charge in [0.05, 0.1) is 18.8 Å². The van der Waals surface area contributed by atoms with Gasteiger partial charge in [-0.15, -0.1) is 0 Å². The van der Waals surface area contributed by atoms with E-state index in [9.17, 15) is 9.59 Å². The summed E-state index contributed by atoms with van der Waals surface area (Å²) >= 11 is 0. The molecule has 6 nitrogen and oxygen atoms in total.